The zero-order valence-corrected chi connectivity index (χ0v) is 11.9. The molecule has 5 nitrogen and oxygen atoms in total. The summed E-state index contributed by atoms with van der Waals surface area (Å²) in [6.45, 7) is 5.59. The molecule has 0 aliphatic heterocycles. The number of aromatic nitrogens is 2. The summed E-state index contributed by atoms with van der Waals surface area (Å²) >= 11 is 0. The van der Waals surface area contributed by atoms with E-state index < -0.39 is 0 Å². The molecule has 0 unspecified atom stereocenters. The van der Waals surface area contributed by atoms with E-state index in [1.807, 2.05) is 17.7 Å². The molecule has 2 rings (SSSR count). The molecule has 5 heteroatoms. The van der Waals surface area contributed by atoms with Crippen molar-refractivity contribution in [3.8, 4) is 11.5 Å². The molecule has 0 amide bonds. The lowest BCUT2D eigenvalue weighted by Crippen LogP contribution is -2.04. The van der Waals surface area contributed by atoms with Crippen LogP contribution in [0.5, 0.6) is 11.5 Å². The van der Waals surface area contributed by atoms with Crippen LogP contribution in [0.25, 0.3) is 0 Å². The summed E-state index contributed by atoms with van der Waals surface area (Å²) in [4.78, 5) is 0. The largest absolute Gasteiger partial charge is 0.508 e. The highest BCUT2D eigenvalue weighted by molar-refractivity contribution is 5.43. The molecule has 0 spiro atoms. The van der Waals surface area contributed by atoms with Crippen LogP contribution in [0.15, 0.2) is 24.3 Å². The minimum absolute atomic E-state index is 0.0611. The van der Waals surface area contributed by atoms with Gasteiger partial charge in [-0.2, -0.15) is 5.10 Å². The molecule has 0 fully saturated rings. The lowest BCUT2D eigenvalue weighted by atomic mass is 10.2. The van der Waals surface area contributed by atoms with Crippen LogP contribution >= 0.6 is 0 Å². The van der Waals surface area contributed by atoms with Crippen molar-refractivity contribution in [2.75, 3.05) is 5.32 Å². The first-order chi connectivity index (χ1) is 9.60. The average Bonchev–Trinajstić information content (AvgIpc) is 2.76. The fourth-order valence-electron chi connectivity index (χ4n) is 2.02. The van der Waals surface area contributed by atoms with Crippen LogP contribution in [0.1, 0.15) is 31.0 Å². The molecule has 0 radical (unpaired) electrons. The normalized spacial score (nSPS) is 10.7. The quantitative estimate of drug-likeness (QED) is 0.758. The number of aromatic hydroxyl groups is 2. The van der Waals surface area contributed by atoms with Crippen LogP contribution in [0.4, 0.5) is 5.82 Å². The zero-order chi connectivity index (χ0) is 14.5. The fraction of sp³-hybridized carbons (Fsp3) is 0.400. The number of hydrogen-bond acceptors (Lipinski definition) is 4. The SMILES string of the molecule is CCCCn1nc(NCc2ccc(O)cc2O)cc1C. The number of aryl methyl sites for hydroxylation is 2. The number of nitrogens with zero attached hydrogens (tertiary/aromatic N) is 2. The second-order valence-electron chi connectivity index (χ2n) is 4.91. The van der Waals surface area contributed by atoms with Gasteiger partial charge in [-0.25, -0.2) is 0 Å². The summed E-state index contributed by atoms with van der Waals surface area (Å²) in [7, 11) is 0. The standard InChI is InChI=1S/C15H21N3O2/c1-3-4-7-18-11(2)8-15(17-18)16-10-12-5-6-13(19)9-14(12)20/h5-6,8-9,19-20H,3-4,7,10H2,1-2H3,(H,16,17). The van der Waals surface area contributed by atoms with E-state index in [1.54, 1.807) is 12.1 Å². The summed E-state index contributed by atoms with van der Waals surface area (Å²) in [6.07, 6.45) is 2.25. The second kappa shape index (κ2) is 6.32. The van der Waals surface area contributed by atoms with E-state index in [0.29, 0.717) is 6.54 Å². The predicted molar refractivity (Wildman–Crippen MR) is 79.0 cm³/mol. The number of unbranched alkanes of at least 4 members (excludes halogenated alkanes) is 1. The Hall–Kier alpha value is -2.17. The third-order valence-corrected chi connectivity index (χ3v) is 3.23. The van der Waals surface area contributed by atoms with Gasteiger partial charge in [0.1, 0.15) is 17.3 Å². The monoisotopic (exact) mass is 275 g/mol. The summed E-state index contributed by atoms with van der Waals surface area (Å²) in [5, 5.41) is 26.6. The van der Waals surface area contributed by atoms with Gasteiger partial charge in [0.25, 0.3) is 0 Å². The molecule has 1 aromatic heterocycles. The van der Waals surface area contributed by atoms with Crippen molar-refractivity contribution in [2.24, 2.45) is 0 Å². The first-order valence-corrected chi connectivity index (χ1v) is 6.89. The van der Waals surface area contributed by atoms with Crippen LogP contribution in [0.3, 0.4) is 0 Å². The van der Waals surface area contributed by atoms with Gasteiger partial charge in [-0.05, 0) is 25.5 Å². The third kappa shape index (κ3) is 3.44. The summed E-state index contributed by atoms with van der Waals surface area (Å²) in [6, 6.07) is 6.58. The molecule has 0 aliphatic carbocycles. The van der Waals surface area contributed by atoms with Crippen molar-refractivity contribution >= 4 is 5.82 Å². The first kappa shape index (κ1) is 14.2. The molecule has 1 aromatic carbocycles. The van der Waals surface area contributed by atoms with Crippen molar-refractivity contribution in [1.82, 2.24) is 9.78 Å². The maximum absolute atomic E-state index is 9.72. The molecular weight excluding hydrogens is 254 g/mol. The second-order valence-corrected chi connectivity index (χ2v) is 4.91. The van der Waals surface area contributed by atoms with Gasteiger partial charge >= 0.3 is 0 Å². The van der Waals surface area contributed by atoms with Crippen molar-refractivity contribution in [3.05, 3.63) is 35.5 Å². The Morgan fingerprint density at radius 3 is 2.75 bits per heavy atom. The molecule has 0 saturated carbocycles. The number of phenols is 2. The number of hydrogen-bond donors (Lipinski definition) is 3. The predicted octanol–water partition coefficient (Wildman–Crippen LogP) is 3.01. The van der Waals surface area contributed by atoms with E-state index in [9.17, 15) is 10.2 Å². The first-order valence-electron chi connectivity index (χ1n) is 6.89. The smallest absolute Gasteiger partial charge is 0.148 e. The van der Waals surface area contributed by atoms with Crippen LogP contribution in [0, 0.1) is 6.92 Å². The number of benzene rings is 1. The van der Waals surface area contributed by atoms with Gasteiger partial charge in [0, 0.05) is 36.5 Å². The van der Waals surface area contributed by atoms with E-state index in [4.69, 9.17) is 0 Å². The molecule has 108 valence electrons. The van der Waals surface area contributed by atoms with Gasteiger partial charge in [0.05, 0.1) is 0 Å². The highest BCUT2D eigenvalue weighted by atomic mass is 16.3. The van der Waals surface area contributed by atoms with Gasteiger partial charge < -0.3 is 15.5 Å². The van der Waals surface area contributed by atoms with Crippen molar-refractivity contribution in [1.29, 1.82) is 0 Å². The number of nitrogens with one attached hydrogen (secondary N) is 1. The van der Waals surface area contributed by atoms with Crippen molar-refractivity contribution in [2.45, 2.75) is 39.8 Å². The Labute approximate surface area is 118 Å². The molecule has 3 N–H and O–H groups in total. The molecule has 0 bridgehead atoms. The van der Waals surface area contributed by atoms with E-state index in [-0.39, 0.29) is 11.5 Å². The Morgan fingerprint density at radius 2 is 2.05 bits per heavy atom. The molecule has 1 heterocycles. The van der Waals surface area contributed by atoms with E-state index in [0.717, 1.165) is 36.5 Å². The Kier molecular flexibility index (Phi) is 4.50. The highest BCUT2D eigenvalue weighted by Gasteiger charge is 2.06. The van der Waals surface area contributed by atoms with Gasteiger partial charge in [0.2, 0.25) is 0 Å². The van der Waals surface area contributed by atoms with Gasteiger partial charge in [-0.3, -0.25) is 4.68 Å². The van der Waals surface area contributed by atoms with E-state index in [1.165, 1.54) is 6.07 Å². The average molecular weight is 275 g/mol. The minimum Gasteiger partial charge on any atom is -0.508 e. The summed E-state index contributed by atoms with van der Waals surface area (Å²) < 4.78 is 1.99. The molecular formula is C15H21N3O2. The number of phenolic OH excluding ortho intramolecular Hbond substituents is 2. The highest BCUT2D eigenvalue weighted by Crippen LogP contribution is 2.23. The van der Waals surface area contributed by atoms with Crippen molar-refractivity contribution in [3.63, 3.8) is 0 Å². The van der Waals surface area contributed by atoms with Gasteiger partial charge in [-0.1, -0.05) is 13.3 Å². The topological polar surface area (TPSA) is 70.3 Å². The Morgan fingerprint density at radius 1 is 1.25 bits per heavy atom. The summed E-state index contributed by atoms with van der Waals surface area (Å²) in [5.74, 6) is 0.941. The zero-order valence-electron chi connectivity index (χ0n) is 11.9. The molecule has 0 saturated heterocycles. The fourth-order valence-corrected chi connectivity index (χ4v) is 2.02. The lowest BCUT2D eigenvalue weighted by Gasteiger charge is -2.06. The third-order valence-electron chi connectivity index (χ3n) is 3.23. The number of anilines is 1. The van der Waals surface area contributed by atoms with Crippen LogP contribution in [-0.4, -0.2) is 20.0 Å². The van der Waals surface area contributed by atoms with Crippen LogP contribution < -0.4 is 5.32 Å². The van der Waals surface area contributed by atoms with Gasteiger partial charge in [0.15, 0.2) is 0 Å². The van der Waals surface area contributed by atoms with E-state index in [2.05, 4.69) is 17.3 Å². The lowest BCUT2D eigenvalue weighted by molar-refractivity contribution is 0.446. The van der Waals surface area contributed by atoms with Crippen LogP contribution in [-0.2, 0) is 13.1 Å². The van der Waals surface area contributed by atoms with Gasteiger partial charge in [-0.15, -0.1) is 0 Å². The Balaban J connectivity index is 2.00. The van der Waals surface area contributed by atoms with Crippen molar-refractivity contribution < 1.29 is 10.2 Å². The number of rotatable bonds is 6. The molecule has 0 aliphatic rings. The molecule has 2 aromatic rings. The Bertz CT molecular complexity index is 578. The minimum atomic E-state index is 0.0611. The van der Waals surface area contributed by atoms with Crippen LogP contribution in [0.2, 0.25) is 0 Å². The molecule has 20 heavy (non-hydrogen) atoms. The maximum Gasteiger partial charge on any atom is 0.148 e. The van der Waals surface area contributed by atoms with E-state index >= 15 is 0 Å². The summed E-state index contributed by atoms with van der Waals surface area (Å²) in [5.41, 5.74) is 1.85. The maximum atomic E-state index is 9.72. The molecule has 0 atom stereocenters.